The molecule has 0 radical (unpaired) electrons. The lowest BCUT2D eigenvalue weighted by atomic mass is 10.3. The average Bonchev–Trinajstić information content (AvgIpc) is 2.55. The number of aromatic nitrogens is 2. The topological polar surface area (TPSA) is 79.6 Å². The van der Waals surface area contributed by atoms with Crippen molar-refractivity contribution in [2.75, 3.05) is 38.5 Å². The van der Waals surface area contributed by atoms with Crippen molar-refractivity contribution in [3.63, 3.8) is 0 Å². The van der Waals surface area contributed by atoms with Crippen molar-refractivity contribution >= 4 is 21.7 Å². The lowest BCUT2D eigenvalue weighted by Gasteiger charge is -2.29. The van der Waals surface area contributed by atoms with E-state index in [1.807, 2.05) is 19.9 Å². The van der Waals surface area contributed by atoms with Gasteiger partial charge in [-0.1, -0.05) is 0 Å². The molecule has 0 amide bonds. The molecule has 1 aliphatic rings. The third-order valence-electron chi connectivity index (χ3n) is 4.31. The Morgan fingerprint density at radius 1 is 1.04 bits per heavy atom. The molecule has 0 saturated carbocycles. The van der Waals surface area contributed by atoms with Gasteiger partial charge in [-0.2, -0.15) is 4.31 Å². The van der Waals surface area contributed by atoms with Gasteiger partial charge in [0.1, 0.15) is 0 Å². The van der Waals surface area contributed by atoms with E-state index in [-0.39, 0.29) is 0 Å². The summed E-state index contributed by atoms with van der Waals surface area (Å²) in [5.41, 5.74) is 2.52. The first-order valence-corrected chi connectivity index (χ1v) is 9.79. The number of anilines is 2. The van der Waals surface area contributed by atoms with E-state index in [2.05, 4.69) is 22.3 Å². The monoisotopic (exact) mass is 362 g/mol. The van der Waals surface area contributed by atoms with Crippen LogP contribution in [0.2, 0.25) is 0 Å². The Balaban J connectivity index is 1.75. The molecular weight excluding hydrogens is 338 g/mol. The molecule has 2 heterocycles. The molecule has 1 fully saturated rings. The zero-order valence-electron chi connectivity index (χ0n) is 14.8. The lowest BCUT2D eigenvalue weighted by Crippen LogP contribution is -3.12. The highest BCUT2D eigenvalue weighted by Crippen LogP contribution is 2.20. The Hall–Kier alpha value is -2.03. The van der Waals surface area contributed by atoms with Crippen LogP contribution in [0.4, 0.5) is 11.6 Å². The van der Waals surface area contributed by atoms with Crippen LogP contribution in [-0.2, 0) is 10.0 Å². The Morgan fingerprint density at radius 2 is 1.60 bits per heavy atom. The summed E-state index contributed by atoms with van der Waals surface area (Å²) >= 11 is 0. The summed E-state index contributed by atoms with van der Waals surface area (Å²) in [6, 6.07) is 8.65. The number of rotatable bonds is 4. The summed E-state index contributed by atoms with van der Waals surface area (Å²) in [6.07, 6.45) is 0. The Kier molecular flexibility index (Phi) is 5.03. The van der Waals surface area contributed by atoms with Crippen LogP contribution in [-0.4, -0.2) is 55.9 Å². The summed E-state index contributed by atoms with van der Waals surface area (Å²) < 4.78 is 27.0. The number of likely N-dealkylation sites (N-methyl/N-ethyl adjacent to an activating group) is 1. The van der Waals surface area contributed by atoms with Crippen molar-refractivity contribution < 1.29 is 13.3 Å². The highest BCUT2D eigenvalue weighted by Gasteiger charge is 2.28. The Morgan fingerprint density at radius 3 is 2.16 bits per heavy atom. The van der Waals surface area contributed by atoms with Crippen LogP contribution in [0.3, 0.4) is 0 Å². The number of benzene rings is 1. The summed E-state index contributed by atoms with van der Waals surface area (Å²) in [5, 5.41) is 3.12. The quantitative estimate of drug-likeness (QED) is 0.821. The van der Waals surface area contributed by atoms with E-state index in [0.717, 1.165) is 30.2 Å². The van der Waals surface area contributed by atoms with Gasteiger partial charge in [0, 0.05) is 17.1 Å². The van der Waals surface area contributed by atoms with E-state index in [4.69, 9.17) is 0 Å². The van der Waals surface area contributed by atoms with Crippen LogP contribution in [0.1, 0.15) is 11.4 Å². The number of hydrogen-bond donors (Lipinski definition) is 2. The number of aryl methyl sites for hydroxylation is 2. The number of hydrogen-bond acceptors (Lipinski definition) is 5. The van der Waals surface area contributed by atoms with E-state index < -0.39 is 10.0 Å². The molecule has 25 heavy (non-hydrogen) atoms. The minimum absolute atomic E-state index is 0.318. The van der Waals surface area contributed by atoms with Gasteiger partial charge >= 0.3 is 0 Å². The Bertz CT molecular complexity index is 824. The average molecular weight is 362 g/mol. The van der Waals surface area contributed by atoms with Crippen molar-refractivity contribution in [2.24, 2.45) is 0 Å². The molecule has 1 aliphatic heterocycles. The molecule has 134 valence electrons. The summed E-state index contributed by atoms with van der Waals surface area (Å²) in [4.78, 5) is 10.3. The second-order valence-electron chi connectivity index (χ2n) is 6.48. The predicted molar refractivity (Wildman–Crippen MR) is 96.6 cm³/mol. The first-order valence-electron chi connectivity index (χ1n) is 8.35. The SMILES string of the molecule is Cc1cc(C)nc(Nc2ccc(S(=O)(=O)N3CC[NH+](C)CC3)cc2)n1. The summed E-state index contributed by atoms with van der Waals surface area (Å²) in [6.45, 7) is 6.61. The third kappa shape index (κ3) is 4.15. The summed E-state index contributed by atoms with van der Waals surface area (Å²) in [7, 11) is -1.34. The van der Waals surface area contributed by atoms with Gasteiger partial charge < -0.3 is 10.2 Å². The molecule has 2 aromatic rings. The second kappa shape index (κ2) is 7.07. The smallest absolute Gasteiger partial charge is 0.243 e. The number of piperazine rings is 1. The van der Waals surface area contributed by atoms with Crippen molar-refractivity contribution in [3.8, 4) is 0 Å². The first kappa shape index (κ1) is 17.8. The predicted octanol–water partition coefficient (Wildman–Crippen LogP) is 0.356. The van der Waals surface area contributed by atoms with Gasteiger partial charge in [-0.25, -0.2) is 18.4 Å². The molecule has 3 rings (SSSR count). The van der Waals surface area contributed by atoms with E-state index in [0.29, 0.717) is 23.9 Å². The fraction of sp³-hybridized carbons (Fsp3) is 0.412. The summed E-state index contributed by atoms with van der Waals surface area (Å²) in [5.74, 6) is 0.509. The van der Waals surface area contributed by atoms with E-state index >= 15 is 0 Å². The van der Waals surface area contributed by atoms with Crippen molar-refractivity contribution in [1.82, 2.24) is 14.3 Å². The minimum atomic E-state index is -3.43. The molecule has 7 nitrogen and oxygen atoms in total. The Labute approximate surface area is 148 Å². The van der Waals surface area contributed by atoms with Crippen LogP contribution < -0.4 is 10.2 Å². The molecule has 1 aromatic carbocycles. The first-order chi connectivity index (χ1) is 11.8. The lowest BCUT2D eigenvalue weighted by molar-refractivity contribution is -0.883. The molecule has 1 saturated heterocycles. The van der Waals surface area contributed by atoms with E-state index in [1.165, 1.54) is 4.90 Å². The molecule has 0 aliphatic carbocycles. The third-order valence-corrected chi connectivity index (χ3v) is 6.22. The molecule has 2 N–H and O–H groups in total. The van der Waals surface area contributed by atoms with Crippen LogP contribution in [0.5, 0.6) is 0 Å². The van der Waals surface area contributed by atoms with Crippen LogP contribution in [0, 0.1) is 13.8 Å². The minimum Gasteiger partial charge on any atom is -0.335 e. The molecule has 0 unspecified atom stereocenters. The van der Waals surface area contributed by atoms with Gasteiger partial charge in [0.05, 0.1) is 38.1 Å². The maximum atomic E-state index is 12.7. The molecule has 0 spiro atoms. The van der Waals surface area contributed by atoms with E-state index in [9.17, 15) is 8.42 Å². The van der Waals surface area contributed by atoms with Crippen LogP contribution in [0.25, 0.3) is 0 Å². The van der Waals surface area contributed by atoms with Crippen molar-refractivity contribution in [1.29, 1.82) is 0 Å². The molecule has 1 aromatic heterocycles. The number of quaternary nitrogens is 1. The zero-order chi connectivity index (χ0) is 18.0. The van der Waals surface area contributed by atoms with Gasteiger partial charge in [-0.15, -0.1) is 0 Å². The van der Waals surface area contributed by atoms with Gasteiger partial charge in [0.2, 0.25) is 16.0 Å². The largest absolute Gasteiger partial charge is 0.335 e. The number of nitrogens with one attached hydrogen (secondary N) is 2. The zero-order valence-corrected chi connectivity index (χ0v) is 15.6. The number of sulfonamides is 1. The molecule has 0 atom stereocenters. The highest BCUT2D eigenvalue weighted by molar-refractivity contribution is 7.89. The van der Waals surface area contributed by atoms with E-state index in [1.54, 1.807) is 28.6 Å². The normalized spacial score (nSPS) is 16.8. The second-order valence-corrected chi connectivity index (χ2v) is 8.42. The van der Waals surface area contributed by atoms with Crippen LogP contribution >= 0.6 is 0 Å². The van der Waals surface area contributed by atoms with Gasteiger partial charge in [-0.3, -0.25) is 0 Å². The number of nitrogens with zero attached hydrogens (tertiary/aromatic N) is 3. The molecule has 8 heteroatoms. The van der Waals surface area contributed by atoms with Crippen LogP contribution in [0.15, 0.2) is 35.2 Å². The maximum Gasteiger partial charge on any atom is 0.243 e. The molecular formula is C17H24N5O2S+. The van der Waals surface area contributed by atoms with Gasteiger partial charge in [-0.05, 0) is 44.2 Å². The van der Waals surface area contributed by atoms with Crippen molar-refractivity contribution in [3.05, 3.63) is 41.7 Å². The highest BCUT2D eigenvalue weighted by atomic mass is 32.2. The standard InChI is InChI=1S/C17H23N5O2S/c1-13-12-14(2)19-17(18-13)20-15-4-6-16(7-5-15)25(23,24)22-10-8-21(3)9-11-22/h4-7,12H,8-11H2,1-3H3,(H,18,19,20)/p+1. The van der Waals surface area contributed by atoms with Crippen molar-refractivity contribution in [2.45, 2.75) is 18.7 Å². The fourth-order valence-corrected chi connectivity index (χ4v) is 4.32. The van der Waals surface area contributed by atoms with Gasteiger partial charge in [0.15, 0.2) is 0 Å². The van der Waals surface area contributed by atoms with Gasteiger partial charge in [0.25, 0.3) is 0 Å². The maximum absolute atomic E-state index is 12.7. The fourth-order valence-electron chi connectivity index (χ4n) is 2.88. The molecule has 0 bridgehead atoms.